The van der Waals surface area contributed by atoms with E-state index in [1.807, 2.05) is 18.2 Å². The van der Waals surface area contributed by atoms with Crippen LogP contribution in [0.4, 0.5) is 4.39 Å². The van der Waals surface area contributed by atoms with Gasteiger partial charge in [0.15, 0.2) is 0 Å². The zero-order valence-electron chi connectivity index (χ0n) is 16.9. The molecule has 1 atom stereocenters. The van der Waals surface area contributed by atoms with Crippen molar-refractivity contribution in [3.05, 3.63) is 57.5 Å². The number of likely N-dealkylation sites (tertiary alicyclic amines) is 1. The number of halogens is 1. The summed E-state index contributed by atoms with van der Waals surface area (Å²) in [7, 11) is 2.17. The van der Waals surface area contributed by atoms with Gasteiger partial charge in [-0.3, -0.25) is 9.80 Å². The molecule has 3 nitrogen and oxygen atoms in total. The van der Waals surface area contributed by atoms with Crippen molar-refractivity contribution >= 4 is 11.3 Å². The summed E-state index contributed by atoms with van der Waals surface area (Å²) in [6, 6.07) is 11.7. The molecule has 0 unspecified atom stereocenters. The van der Waals surface area contributed by atoms with Gasteiger partial charge in [-0.15, -0.1) is 11.3 Å². The summed E-state index contributed by atoms with van der Waals surface area (Å²) in [6.45, 7) is 6.92. The van der Waals surface area contributed by atoms with E-state index in [0.717, 1.165) is 36.5 Å². The molecule has 1 aromatic carbocycles. The first kappa shape index (κ1) is 21.0. The molecule has 150 valence electrons. The Labute approximate surface area is 171 Å². The molecule has 1 saturated heterocycles. The molecule has 0 amide bonds. The van der Waals surface area contributed by atoms with Crippen molar-refractivity contribution < 1.29 is 9.50 Å². The molecule has 1 fully saturated rings. The van der Waals surface area contributed by atoms with E-state index in [1.54, 1.807) is 31.3 Å². The zero-order chi connectivity index (χ0) is 20.1. The lowest BCUT2D eigenvalue weighted by atomic mass is 10.0. The average Bonchev–Trinajstić information content (AvgIpc) is 3.09. The first-order valence-corrected chi connectivity index (χ1v) is 10.6. The predicted octanol–water partition coefficient (Wildman–Crippen LogP) is 4.11. The van der Waals surface area contributed by atoms with E-state index in [2.05, 4.69) is 34.8 Å². The summed E-state index contributed by atoms with van der Waals surface area (Å²) in [5.41, 5.74) is -0.191. The molecule has 1 aromatic heterocycles. The Balaban J connectivity index is 1.57. The van der Waals surface area contributed by atoms with Crippen LogP contribution in [0, 0.1) is 17.7 Å². The molecular weight excluding hydrogens is 371 g/mol. The van der Waals surface area contributed by atoms with Gasteiger partial charge < -0.3 is 5.11 Å². The van der Waals surface area contributed by atoms with Gasteiger partial charge in [0.2, 0.25) is 0 Å². The van der Waals surface area contributed by atoms with Crippen LogP contribution in [0.1, 0.15) is 42.0 Å². The maximum absolute atomic E-state index is 14.0. The number of hydrogen-bond acceptors (Lipinski definition) is 4. The maximum Gasteiger partial charge on any atom is 0.127 e. The molecule has 3 rings (SSSR count). The highest BCUT2D eigenvalue weighted by molar-refractivity contribution is 7.12. The third-order valence-electron chi connectivity index (χ3n) is 5.01. The van der Waals surface area contributed by atoms with Gasteiger partial charge in [0, 0.05) is 36.1 Å². The Morgan fingerprint density at radius 2 is 2.07 bits per heavy atom. The molecule has 0 saturated carbocycles. The molecule has 0 radical (unpaired) electrons. The van der Waals surface area contributed by atoms with Crippen molar-refractivity contribution in [2.45, 2.75) is 51.4 Å². The van der Waals surface area contributed by atoms with Crippen LogP contribution in [0.25, 0.3) is 0 Å². The van der Waals surface area contributed by atoms with Crippen LogP contribution in [0.2, 0.25) is 0 Å². The summed E-state index contributed by atoms with van der Waals surface area (Å²) < 4.78 is 14.0. The van der Waals surface area contributed by atoms with E-state index in [0.29, 0.717) is 12.6 Å². The van der Waals surface area contributed by atoms with Gasteiger partial charge in [-0.2, -0.15) is 0 Å². The van der Waals surface area contributed by atoms with Crippen molar-refractivity contribution in [2.75, 3.05) is 20.1 Å². The van der Waals surface area contributed by atoms with Crippen LogP contribution in [0.5, 0.6) is 0 Å². The van der Waals surface area contributed by atoms with Crippen molar-refractivity contribution in [1.29, 1.82) is 0 Å². The monoisotopic (exact) mass is 400 g/mol. The number of aliphatic hydroxyl groups is 1. The molecule has 0 spiro atoms. The van der Waals surface area contributed by atoms with E-state index in [9.17, 15) is 9.50 Å². The lowest BCUT2D eigenvalue weighted by Crippen LogP contribution is -2.45. The highest BCUT2D eigenvalue weighted by Gasteiger charge is 2.24. The van der Waals surface area contributed by atoms with E-state index in [1.165, 1.54) is 17.4 Å². The fourth-order valence-electron chi connectivity index (χ4n) is 3.52. The molecule has 2 aromatic rings. The molecule has 1 N–H and O–H groups in total. The smallest absolute Gasteiger partial charge is 0.127 e. The standard InChI is InChI=1S/C23H29FN2OS/c1-23(2,27)13-12-20-10-11-21(28-20)17-25(3)19-8-6-14-26(16-19)15-18-7-4-5-9-22(18)24/h4-5,7,9-11,19,27H,6,8,14-17H2,1-3H3/t19-/m0/s1. The molecule has 28 heavy (non-hydrogen) atoms. The number of rotatable bonds is 5. The van der Waals surface area contributed by atoms with Crippen molar-refractivity contribution in [2.24, 2.45) is 0 Å². The van der Waals surface area contributed by atoms with E-state index >= 15 is 0 Å². The Bertz CT molecular complexity index is 846. The zero-order valence-corrected chi connectivity index (χ0v) is 17.7. The number of likely N-dealkylation sites (N-methyl/N-ethyl adjacent to an activating group) is 1. The van der Waals surface area contributed by atoms with Gasteiger partial charge in [0.25, 0.3) is 0 Å². The summed E-state index contributed by atoms with van der Waals surface area (Å²) in [5.74, 6) is 5.81. The molecule has 2 heterocycles. The third-order valence-corrected chi connectivity index (χ3v) is 6.00. The lowest BCUT2D eigenvalue weighted by Gasteiger charge is -2.37. The molecule has 0 bridgehead atoms. The van der Waals surface area contributed by atoms with Crippen molar-refractivity contribution in [1.82, 2.24) is 9.80 Å². The summed E-state index contributed by atoms with van der Waals surface area (Å²) in [4.78, 5) is 7.01. The minimum absolute atomic E-state index is 0.115. The number of thiophene rings is 1. The van der Waals surface area contributed by atoms with Crippen LogP contribution in [0.3, 0.4) is 0 Å². The van der Waals surface area contributed by atoms with Crippen LogP contribution in [-0.2, 0) is 13.1 Å². The lowest BCUT2D eigenvalue weighted by molar-refractivity contribution is 0.107. The Morgan fingerprint density at radius 3 is 2.82 bits per heavy atom. The SMILES string of the molecule is CN(Cc1ccc(C#CC(C)(C)O)s1)[C@H]1CCCN(Cc2ccccc2F)C1. The Hall–Kier alpha value is -1.71. The fourth-order valence-corrected chi connectivity index (χ4v) is 4.45. The summed E-state index contributed by atoms with van der Waals surface area (Å²) in [5, 5.41) is 9.74. The van der Waals surface area contributed by atoms with E-state index < -0.39 is 5.60 Å². The minimum Gasteiger partial charge on any atom is -0.378 e. The number of hydrogen-bond donors (Lipinski definition) is 1. The number of nitrogens with zero attached hydrogens (tertiary/aromatic N) is 2. The van der Waals surface area contributed by atoms with Crippen LogP contribution >= 0.6 is 11.3 Å². The van der Waals surface area contributed by atoms with Gasteiger partial charge in [-0.25, -0.2) is 4.39 Å². The van der Waals surface area contributed by atoms with E-state index in [-0.39, 0.29) is 5.82 Å². The van der Waals surface area contributed by atoms with Crippen LogP contribution < -0.4 is 0 Å². The second-order valence-corrected chi connectivity index (χ2v) is 9.28. The second kappa shape index (κ2) is 9.19. The largest absolute Gasteiger partial charge is 0.378 e. The van der Waals surface area contributed by atoms with Gasteiger partial charge in [-0.1, -0.05) is 30.0 Å². The highest BCUT2D eigenvalue weighted by Crippen LogP contribution is 2.22. The first-order valence-electron chi connectivity index (χ1n) is 9.80. The quantitative estimate of drug-likeness (QED) is 0.766. The molecule has 1 aliphatic rings. The molecule has 1 aliphatic heterocycles. The minimum atomic E-state index is -0.968. The Morgan fingerprint density at radius 1 is 1.29 bits per heavy atom. The maximum atomic E-state index is 14.0. The second-order valence-electron chi connectivity index (χ2n) is 8.11. The molecular formula is C23H29FN2OS. The predicted molar refractivity (Wildman–Crippen MR) is 114 cm³/mol. The van der Waals surface area contributed by atoms with Gasteiger partial charge in [0.05, 0.1) is 4.88 Å². The first-order chi connectivity index (χ1) is 13.3. The average molecular weight is 401 g/mol. The van der Waals surface area contributed by atoms with Gasteiger partial charge >= 0.3 is 0 Å². The highest BCUT2D eigenvalue weighted by atomic mass is 32.1. The summed E-state index contributed by atoms with van der Waals surface area (Å²) in [6.07, 6.45) is 2.30. The van der Waals surface area contributed by atoms with Crippen LogP contribution in [0.15, 0.2) is 36.4 Å². The molecule has 5 heteroatoms. The van der Waals surface area contributed by atoms with E-state index in [4.69, 9.17) is 0 Å². The number of benzene rings is 1. The van der Waals surface area contributed by atoms with Gasteiger partial charge in [0.1, 0.15) is 11.4 Å². The fraction of sp³-hybridized carbons (Fsp3) is 0.478. The van der Waals surface area contributed by atoms with Crippen LogP contribution in [-0.4, -0.2) is 46.7 Å². The normalized spacial score (nSPS) is 18.1. The Kier molecular flexibility index (Phi) is 6.90. The topological polar surface area (TPSA) is 26.7 Å². The number of piperidine rings is 1. The van der Waals surface area contributed by atoms with Crippen molar-refractivity contribution in [3.63, 3.8) is 0 Å². The van der Waals surface area contributed by atoms with Gasteiger partial charge in [-0.05, 0) is 58.5 Å². The van der Waals surface area contributed by atoms with Crippen molar-refractivity contribution in [3.8, 4) is 11.8 Å². The third kappa shape index (κ3) is 6.15. The molecule has 0 aliphatic carbocycles. The summed E-state index contributed by atoms with van der Waals surface area (Å²) >= 11 is 1.68.